The SMILES string of the molecule is CCOc1ccc(-c2ccc3c(F)c(CCc4ccc(OC(F)(F)F)cc4)ccc3c2)c(F)c1. The van der Waals surface area contributed by atoms with Crippen LogP contribution >= 0.6 is 0 Å². The average Bonchev–Trinajstić information content (AvgIpc) is 2.79. The Labute approximate surface area is 193 Å². The minimum atomic E-state index is -4.74. The molecule has 2 nitrogen and oxygen atoms in total. The number of benzene rings is 4. The second-order valence-electron chi connectivity index (χ2n) is 7.74. The van der Waals surface area contributed by atoms with E-state index in [1.807, 2.05) is 6.92 Å². The highest BCUT2D eigenvalue weighted by molar-refractivity contribution is 5.88. The quantitative estimate of drug-likeness (QED) is 0.255. The molecule has 0 heterocycles. The Bertz CT molecular complexity index is 1300. The lowest BCUT2D eigenvalue weighted by Crippen LogP contribution is -2.17. The van der Waals surface area contributed by atoms with E-state index in [9.17, 15) is 17.6 Å². The second-order valence-corrected chi connectivity index (χ2v) is 7.74. The highest BCUT2D eigenvalue weighted by Gasteiger charge is 2.30. The molecule has 0 spiro atoms. The fourth-order valence-corrected chi connectivity index (χ4v) is 3.82. The van der Waals surface area contributed by atoms with Crippen LogP contribution in [0.3, 0.4) is 0 Å². The van der Waals surface area contributed by atoms with Gasteiger partial charge >= 0.3 is 6.36 Å². The summed E-state index contributed by atoms with van der Waals surface area (Å²) < 4.78 is 75.7. The number of alkyl halides is 3. The Balaban J connectivity index is 1.51. The lowest BCUT2D eigenvalue weighted by atomic mass is 9.97. The molecule has 0 radical (unpaired) electrons. The Morgan fingerprint density at radius 3 is 2.18 bits per heavy atom. The first-order valence-electron chi connectivity index (χ1n) is 10.7. The van der Waals surface area contributed by atoms with Crippen LogP contribution in [0.15, 0.2) is 72.8 Å². The fourth-order valence-electron chi connectivity index (χ4n) is 3.82. The van der Waals surface area contributed by atoms with Crippen molar-refractivity contribution in [1.82, 2.24) is 0 Å². The van der Waals surface area contributed by atoms with Crippen molar-refractivity contribution in [2.45, 2.75) is 26.1 Å². The van der Waals surface area contributed by atoms with Crippen molar-refractivity contribution >= 4 is 10.8 Å². The topological polar surface area (TPSA) is 18.5 Å². The van der Waals surface area contributed by atoms with E-state index in [-0.39, 0.29) is 11.6 Å². The van der Waals surface area contributed by atoms with Gasteiger partial charge in [-0.3, -0.25) is 0 Å². The van der Waals surface area contributed by atoms with Gasteiger partial charge in [-0.2, -0.15) is 0 Å². The molecule has 0 amide bonds. The molecule has 4 rings (SSSR count). The zero-order chi connectivity index (χ0) is 24.3. The van der Waals surface area contributed by atoms with Gasteiger partial charge in [-0.05, 0) is 72.2 Å². The minimum absolute atomic E-state index is 0.298. The van der Waals surface area contributed by atoms with Crippen LogP contribution < -0.4 is 9.47 Å². The standard InChI is InChI=1S/C27H21F5O2/c1-2-33-22-12-14-23(25(28)16-22)19-9-13-24-20(15-19)8-7-18(26(24)29)6-3-17-4-10-21(11-5-17)34-27(30,31)32/h4-5,7-16H,2-3,6H2,1H3. The molecule has 4 aromatic carbocycles. The summed E-state index contributed by atoms with van der Waals surface area (Å²) >= 11 is 0. The molecule has 176 valence electrons. The first-order valence-corrected chi connectivity index (χ1v) is 10.7. The van der Waals surface area contributed by atoms with E-state index in [2.05, 4.69) is 4.74 Å². The highest BCUT2D eigenvalue weighted by Crippen LogP contribution is 2.31. The maximum atomic E-state index is 15.1. The number of ether oxygens (including phenoxy) is 2. The van der Waals surface area contributed by atoms with E-state index < -0.39 is 12.2 Å². The van der Waals surface area contributed by atoms with Crippen LogP contribution in [0.25, 0.3) is 21.9 Å². The fraction of sp³-hybridized carbons (Fsp3) is 0.185. The van der Waals surface area contributed by atoms with E-state index in [4.69, 9.17) is 4.74 Å². The van der Waals surface area contributed by atoms with Crippen LogP contribution in [0.4, 0.5) is 22.0 Å². The van der Waals surface area contributed by atoms with E-state index in [1.54, 1.807) is 42.5 Å². The molecule has 0 unspecified atom stereocenters. The molecule has 0 fully saturated rings. The highest BCUT2D eigenvalue weighted by atomic mass is 19.4. The summed E-state index contributed by atoms with van der Waals surface area (Å²) in [5.41, 5.74) is 2.27. The van der Waals surface area contributed by atoms with Gasteiger partial charge in [0.15, 0.2) is 0 Å². The number of halogens is 5. The van der Waals surface area contributed by atoms with Crippen LogP contribution in [0, 0.1) is 11.6 Å². The normalized spacial score (nSPS) is 11.6. The van der Waals surface area contributed by atoms with Crippen LogP contribution in [-0.2, 0) is 12.8 Å². The van der Waals surface area contributed by atoms with Crippen molar-refractivity contribution in [2.24, 2.45) is 0 Å². The summed E-state index contributed by atoms with van der Waals surface area (Å²) in [4.78, 5) is 0. The van der Waals surface area contributed by atoms with Gasteiger partial charge in [-0.1, -0.05) is 36.4 Å². The van der Waals surface area contributed by atoms with Gasteiger partial charge in [-0.25, -0.2) is 8.78 Å². The van der Waals surface area contributed by atoms with E-state index in [0.717, 1.165) is 5.56 Å². The molecule has 0 aromatic heterocycles. The second kappa shape index (κ2) is 9.71. The van der Waals surface area contributed by atoms with Crippen molar-refractivity contribution < 1.29 is 31.4 Å². The van der Waals surface area contributed by atoms with Crippen LogP contribution in [0.2, 0.25) is 0 Å². The third-order valence-corrected chi connectivity index (χ3v) is 5.44. The molecular weight excluding hydrogens is 451 g/mol. The lowest BCUT2D eigenvalue weighted by Gasteiger charge is -2.11. The van der Waals surface area contributed by atoms with E-state index >= 15 is 4.39 Å². The summed E-state index contributed by atoms with van der Waals surface area (Å²) in [6.45, 7) is 2.26. The van der Waals surface area contributed by atoms with Crippen LogP contribution in [0.5, 0.6) is 11.5 Å². The van der Waals surface area contributed by atoms with Gasteiger partial charge in [0, 0.05) is 17.0 Å². The molecule has 7 heteroatoms. The molecule has 0 N–H and O–H groups in total. The minimum Gasteiger partial charge on any atom is -0.494 e. The van der Waals surface area contributed by atoms with Crippen LogP contribution in [0.1, 0.15) is 18.1 Å². The molecule has 0 aliphatic heterocycles. The maximum Gasteiger partial charge on any atom is 0.573 e. The number of aryl methyl sites for hydroxylation is 2. The van der Waals surface area contributed by atoms with Gasteiger partial charge in [0.2, 0.25) is 0 Å². The molecular formula is C27H21F5O2. The third-order valence-electron chi connectivity index (χ3n) is 5.44. The smallest absolute Gasteiger partial charge is 0.494 e. The molecule has 0 aliphatic rings. The molecule has 0 aliphatic carbocycles. The van der Waals surface area contributed by atoms with E-state index in [0.29, 0.717) is 52.7 Å². The Hall–Kier alpha value is -3.61. The van der Waals surface area contributed by atoms with Gasteiger partial charge < -0.3 is 9.47 Å². The maximum absolute atomic E-state index is 15.1. The average molecular weight is 472 g/mol. The van der Waals surface area contributed by atoms with Crippen molar-refractivity contribution in [3.05, 3.63) is 95.6 Å². The molecule has 0 bridgehead atoms. The summed E-state index contributed by atoms with van der Waals surface area (Å²) in [6.07, 6.45) is -3.92. The summed E-state index contributed by atoms with van der Waals surface area (Å²) in [7, 11) is 0. The van der Waals surface area contributed by atoms with Gasteiger partial charge in [0.25, 0.3) is 0 Å². The first kappa shape index (κ1) is 23.5. The largest absolute Gasteiger partial charge is 0.573 e. The first-order chi connectivity index (χ1) is 16.2. The van der Waals surface area contributed by atoms with Crippen molar-refractivity contribution in [3.63, 3.8) is 0 Å². The van der Waals surface area contributed by atoms with Crippen LogP contribution in [-0.4, -0.2) is 13.0 Å². The van der Waals surface area contributed by atoms with Crippen molar-refractivity contribution in [3.8, 4) is 22.6 Å². The van der Waals surface area contributed by atoms with Gasteiger partial charge in [0.1, 0.15) is 23.1 Å². The monoisotopic (exact) mass is 472 g/mol. The number of hydrogen-bond acceptors (Lipinski definition) is 2. The number of hydrogen-bond donors (Lipinski definition) is 0. The zero-order valence-corrected chi connectivity index (χ0v) is 18.3. The van der Waals surface area contributed by atoms with Gasteiger partial charge in [0.05, 0.1) is 6.61 Å². The summed E-state index contributed by atoms with van der Waals surface area (Å²) in [5, 5.41) is 1.06. The lowest BCUT2D eigenvalue weighted by molar-refractivity contribution is -0.274. The summed E-state index contributed by atoms with van der Waals surface area (Å²) in [5.74, 6) is -0.641. The van der Waals surface area contributed by atoms with Gasteiger partial charge in [-0.15, -0.1) is 13.2 Å². The molecule has 0 atom stereocenters. The zero-order valence-electron chi connectivity index (χ0n) is 18.3. The van der Waals surface area contributed by atoms with Crippen molar-refractivity contribution in [1.29, 1.82) is 0 Å². The number of rotatable bonds is 7. The Morgan fingerprint density at radius 1 is 0.765 bits per heavy atom. The summed E-state index contributed by atoms with van der Waals surface area (Å²) in [6, 6.07) is 18.7. The molecule has 4 aromatic rings. The Kier molecular flexibility index (Phi) is 6.72. The van der Waals surface area contributed by atoms with E-state index in [1.165, 1.54) is 30.3 Å². The Morgan fingerprint density at radius 2 is 1.50 bits per heavy atom. The molecule has 0 saturated heterocycles. The predicted octanol–water partition coefficient (Wildman–Crippen LogP) is 7.87. The number of fused-ring (bicyclic) bond motifs is 1. The molecule has 0 saturated carbocycles. The van der Waals surface area contributed by atoms with Crippen molar-refractivity contribution in [2.75, 3.05) is 6.61 Å². The molecule has 34 heavy (non-hydrogen) atoms. The third kappa shape index (κ3) is 5.47. The predicted molar refractivity (Wildman–Crippen MR) is 121 cm³/mol.